The Morgan fingerprint density at radius 3 is 2.61 bits per heavy atom. The van der Waals surface area contributed by atoms with Gasteiger partial charge in [0.15, 0.2) is 5.79 Å². The highest BCUT2D eigenvalue weighted by Crippen LogP contribution is 2.31. The smallest absolute Gasteiger partial charge is 0.223 e. The van der Waals surface area contributed by atoms with Gasteiger partial charge in [-0.2, -0.15) is 0 Å². The van der Waals surface area contributed by atoms with Crippen LogP contribution in [0.1, 0.15) is 18.4 Å². The predicted molar refractivity (Wildman–Crippen MR) is 65.7 cm³/mol. The van der Waals surface area contributed by atoms with Crippen molar-refractivity contribution >= 4 is 5.91 Å². The number of amides is 1. The van der Waals surface area contributed by atoms with Crippen molar-refractivity contribution in [3.8, 4) is 0 Å². The number of benzene rings is 1. The van der Waals surface area contributed by atoms with Gasteiger partial charge in [-0.15, -0.1) is 0 Å². The van der Waals surface area contributed by atoms with E-state index in [-0.39, 0.29) is 5.91 Å². The third kappa shape index (κ3) is 2.26. The molecule has 0 aliphatic carbocycles. The minimum absolute atomic E-state index is 0.184. The Bertz CT molecular complexity index is 426. The van der Waals surface area contributed by atoms with Gasteiger partial charge in [0.25, 0.3) is 0 Å². The highest BCUT2D eigenvalue weighted by molar-refractivity contribution is 5.77. The summed E-state index contributed by atoms with van der Waals surface area (Å²) < 4.78 is 11.4. The molecule has 3 rings (SSSR count). The molecule has 0 saturated carbocycles. The van der Waals surface area contributed by atoms with Crippen LogP contribution in [-0.2, 0) is 20.8 Å². The van der Waals surface area contributed by atoms with E-state index in [1.807, 2.05) is 35.2 Å². The fourth-order valence-corrected chi connectivity index (χ4v) is 2.59. The van der Waals surface area contributed by atoms with E-state index in [4.69, 9.17) is 9.47 Å². The highest BCUT2D eigenvalue weighted by Gasteiger charge is 2.43. The van der Waals surface area contributed by atoms with Gasteiger partial charge in [0, 0.05) is 19.4 Å². The topological polar surface area (TPSA) is 38.8 Å². The monoisotopic (exact) mass is 247 g/mol. The number of hydrogen-bond donors (Lipinski definition) is 0. The summed E-state index contributed by atoms with van der Waals surface area (Å²) in [4.78, 5) is 13.8. The quantitative estimate of drug-likeness (QED) is 0.796. The van der Waals surface area contributed by atoms with Crippen LogP contribution < -0.4 is 0 Å². The van der Waals surface area contributed by atoms with E-state index in [1.165, 1.54) is 0 Å². The van der Waals surface area contributed by atoms with Crippen molar-refractivity contribution in [3.63, 3.8) is 0 Å². The summed E-state index contributed by atoms with van der Waals surface area (Å²) in [6.45, 7) is 2.44. The maximum atomic E-state index is 12.0. The number of rotatable bonds is 2. The van der Waals surface area contributed by atoms with Crippen LogP contribution in [0.3, 0.4) is 0 Å². The predicted octanol–water partition coefficient (Wildman–Crippen LogP) is 1.55. The van der Waals surface area contributed by atoms with Crippen molar-refractivity contribution in [2.45, 2.75) is 25.2 Å². The maximum absolute atomic E-state index is 12.0. The molecular formula is C14H17NO3. The van der Waals surface area contributed by atoms with Crippen LogP contribution in [0.4, 0.5) is 0 Å². The molecule has 2 aliphatic rings. The average Bonchev–Trinajstić information content (AvgIpc) is 2.84. The van der Waals surface area contributed by atoms with E-state index in [0.29, 0.717) is 39.1 Å². The van der Waals surface area contributed by atoms with E-state index in [0.717, 1.165) is 5.56 Å². The van der Waals surface area contributed by atoms with E-state index < -0.39 is 5.79 Å². The average molecular weight is 247 g/mol. The van der Waals surface area contributed by atoms with Crippen molar-refractivity contribution in [3.05, 3.63) is 35.9 Å². The summed E-state index contributed by atoms with van der Waals surface area (Å²) in [5.41, 5.74) is 1.14. The van der Waals surface area contributed by atoms with E-state index >= 15 is 0 Å². The number of carbonyl (C=O) groups is 1. The number of likely N-dealkylation sites (tertiary alicyclic amines) is 1. The normalized spacial score (nSPS) is 22.7. The summed E-state index contributed by atoms with van der Waals surface area (Å²) in [6.07, 6.45) is 1.18. The molecule has 1 aromatic carbocycles. The van der Waals surface area contributed by atoms with Crippen LogP contribution in [0.2, 0.25) is 0 Å². The fourth-order valence-electron chi connectivity index (χ4n) is 2.59. The number of piperidine rings is 1. The standard InChI is InChI=1S/C14H17NO3/c16-13-6-7-14(17-8-9-18-14)11-15(13)10-12-4-2-1-3-5-12/h1-5H,6-11H2. The van der Waals surface area contributed by atoms with Crippen LogP contribution in [0, 0.1) is 0 Å². The molecule has 96 valence electrons. The van der Waals surface area contributed by atoms with Gasteiger partial charge in [0.05, 0.1) is 19.8 Å². The van der Waals surface area contributed by atoms with Crippen LogP contribution in [0.5, 0.6) is 0 Å². The van der Waals surface area contributed by atoms with Gasteiger partial charge in [-0.3, -0.25) is 4.79 Å². The second-order valence-electron chi connectivity index (χ2n) is 4.84. The minimum Gasteiger partial charge on any atom is -0.346 e. The first-order valence-corrected chi connectivity index (χ1v) is 6.37. The molecule has 4 nitrogen and oxygen atoms in total. The first-order valence-electron chi connectivity index (χ1n) is 6.37. The van der Waals surface area contributed by atoms with Gasteiger partial charge in [0.2, 0.25) is 5.91 Å². The van der Waals surface area contributed by atoms with Crippen molar-refractivity contribution in [1.29, 1.82) is 0 Å². The first-order chi connectivity index (χ1) is 8.77. The van der Waals surface area contributed by atoms with Crippen LogP contribution in [-0.4, -0.2) is 36.4 Å². The van der Waals surface area contributed by atoms with Crippen LogP contribution in [0.15, 0.2) is 30.3 Å². The van der Waals surface area contributed by atoms with Gasteiger partial charge >= 0.3 is 0 Å². The molecule has 2 heterocycles. The van der Waals surface area contributed by atoms with Gasteiger partial charge in [-0.1, -0.05) is 30.3 Å². The Balaban J connectivity index is 1.72. The lowest BCUT2D eigenvalue weighted by Crippen LogP contribution is -2.51. The maximum Gasteiger partial charge on any atom is 0.223 e. The van der Waals surface area contributed by atoms with Gasteiger partial charge < -0.3 is 14.4 Å². The minimum atomic E-state index is -0.539. The molecule has 0 N–H and O–H groups in total. The third-order valence-corrected chi connectivity index (χ3v) is 3.53. The van der Waals surface area contributed by atoms with Crippen molar-refractivity contribution < 1.29 is 14.3 Å². The van der Waals surface area contributed by atoms with Gasteiger partial charge in [0.1, 0.15) is 0 Å². The summed E-state index contributed by atoms with van der Waals surface area (Å²) in [7, 11) is 0. The Hall–Kier alpha value is -1.39. The molecule has 2 saturated heterocycles. The Morgan fingerprint density at radius 1 is 1.17 bits per heavy atom. The lowest BCUT2D eigenvalue weighted by Gasteiger charge is -2.38. The van der Waals surface area contributed by atoms with Crippen LogP contribution >= 0.6 is 0 Å². The number of nitrogens with zero attached hydrogens (tertiary/aromatic N) is 1. The summed E-state index contributed by atoms with van der Waals surface area (Å²) in [5, 5.41) is 0. The number of ether oxygens (including phenoxy) is 2. The molecule has 2 aliphatic heterocycles. The molecule has 1 spiro atoms. The van der Waals surface area contributed by atoms with Crippen molar-refractivity contribution in [2.75, 3.05) is 19.8 Å². The largest absolute Gasteiger partial charge is 0.346 e. The lowest BCUT2D eigenvalue weighted by molar-refractivity contribution is -0.196. The van der Waals surface area contributed by atoms with Gasteiger partial charge in [-0.05, 0) is 5.56 Å². The molecule has 1 amide bonds. The Labute approximate surface area is 106 Å². The Morgan fingerprint density at radius 2 is 1.89 bits per heavy atom. The first kappa shape index (κ1) is 11.7. The molecule has 1 aromatic rings. The summed E-state index contributed by atoms with van der Waals surface area (Å²) in [5.74, 6) is -0.355. The number of hydrogen-bond acceptors (Lipinski definition) is 3. The van der Waals surface area contributed by atoms with Crippen LogP contribution in [0.25, 0.3) is 0 Å². The molecule has 0 aromatic heterocycles. The highest BCUT2D eigenvalue weighted by atomic mass is 16.7. The third-order valence-electron chi connectivity index (χ3n) is 3.53. The molecule has 0 bridgehead atoms. The zero-order valence-corrected chi connectivity index (χ0v) is 10.3. The summed E-state index contributed by atoms with van der Waals surface area (Å²) in [6, 6.07) is 10.0. The SMILES string of the molecule is O=C1CCC2(CN1Cc1ccccc1)OCCO2. The fraction of sp³-hybridized carbons (Fsp3) is 0.500. The molecule has 0 unspecified atom stereocenters. The van der Waals surface area contributed by atoms with Gasteiger partial charge in [-0.25, -0.2) is 0 Å². The molecule has 0 atom stereocenters. The second-order valence-corrected chi connectivity index (χ2v) is 4.84. The van der Waals surface area contributed by atoms with Crippen molar-refractivity contribution in [2.24, 2.45) is 0 Å². The van der Waals surface area contributed by atoms with E-state index in [1.54, 1.807) is 0 Å². The summed E-state index contributed by atoms with van der Waals surface area (Å²) >= 11 is 0. The Kier molecular flexibility index (Phi) is 3.06. The second kappa shape index (κ2) is 4.71. The zero-order valence-electron chi connectivity index (χ0n) is 10.3. The molecule has 0 radical (unpaired) electrons. The molecule has 4 heteroatoms. The zero-order chi connectivity index (χ0) is 12.4. The molecule has 18 heavy (non-hydrogen) atoms. The van der Waals surface area contributed by atoms with E-state index in [9.17, 15) is 4.79 Å². The van der Waals surface area contributed by atoms with Crippen molar-refractivity contribution in [1.82, 2.24) is 4.90 Å². The van der Waals surface area contributed by atoms with E-state index in [2.05, 4.69) is 0 Å². The molecular weight excluding hydrogens is 230 g/mol. The molecule has 2 fully saturated rings. The number of carbonyl (C=O) groups excluding carboxylic acids is 1. The lowest BCUT2D eigenvalue weighted by atomic mass is 10.0.